The molecule has 0 amide bonds. The highest BCUT2D eigenvalue weighted by molar-refractivity contribution is 5.46. The van der Waals surface area contributed by atoms with Crippen molar-refractivity contribution < 1.29 is 35.8 Å². The first-order chi connectivity index (χ1) is 21.3. The van der Waals surface area contributed by atoms with Crippen LogP contribution in [0.4, 0.5) is 26.3 Å². The van der Waals surface area contributed by atoms with Crippen LogP contribution in [0.3, 0.4) is 0 Å². The van der Waals surface area contributed by atoms with Gasteiger partial charge in [0, 0.05) is 12.0 Å². The lowest BCUT2D eigenvalue weighted by atomic mass is 10.0. The Morgan fingerprint density at radius 1 is 0.614 bits per heavy atom. The molecule has 2 nitrogen and oxygen atoms in total. The van der Waals surface area contributed by atoms with Crippen molar-refractivity contribution in [2.75, 3.05) is 13.2 Å². The highest BCUT2D eigenvalue weighted by Gasteiger charge is 2.21. The minimum atomic E-state index is -1.99. The Labute approximate surface area is 256 Å². The molecule has 44 heavy (non-hydrogen) atoms. The van der Waals surface area contributed by atoms with Crippen molar-refractivity contribution in [3.05, 3.63) is 93.8 Å². The molecule has 8 heteroatoms. The van der Waals surface area contributed by atoms with E-state index in [4.69, 9.17) is 9.47 Å². The number of unbranched alkanes of at least 4 members (excludes halogenated alkanes) is 7. The summed E-state index contributed by atoms with van der Waals surface area (Å²) >= 11 is 0. The molecule has 0 fully saturated rings. The van der Waals surface area contributed by atoms with Crippen molar-refractivity contribution >= 4 is 0 Å². The summed E-state index contributed by atoms with van der Waals surface area (Å²) in [6, 6.07) is 9.24. The maximum Gasteiger partial charge on any atom is 0.204 e. The molecular formula is C36H40F6O2. The molecule has 1 unspecified atom stereocenters. The van der Waals surface area contributed by atoms with E-state index in [0.29, 0.717) is 6.42 Å². The molecule has 0 N–H and O–H groups in total. The standard InChI is InChI=1S/C36H40F6O2/c1-3-5-7-9-10-12-25-13-14-26(30(38)24-25)15-16-27-17-18-28(34(40)33(27)39)29(37)21-23-44-32-20-19-31(35(41)36(32)42)43-22-11-8-6-4-2/h13-14,17-20,24,29H,3-12,21-23H2,1-2H3. The first kappa shape index (κ1) is 34.9. The van der Waals surface area contributed by atoms with E-state index in [9.17, 15) is 26.3 Å². The summed E-state index contributed by atoms with van der Waals surface area (Å²) in [6.45, 7) is 4.02. The van der Waals surface area contributed by atoms with E-state index < -0.39 is 59.6 Å². The molecule has 3 aromatic carbocycles. The second kappa shape index (κ2) is 18.3. The normalized spacial score (nSPS) is 11.6. The minimum Gasteiger partial charge on any atom is -0.490 e. The van der Waals surface area contributed by atoms with Crippen LogP contribution in [-0.4, -0.2) is 13.2 Å². The van der Waals surface area contributed by atoms with Gasteiger partial charge in [-0.3, -0.25) is 0 Å². The van der Waals surface area contributed by atoms with Crippen LogP contribution < -0.4 is 9.47 Å². The van der Waals surface area contributed by atoms with Gasteiger partial charge in [-0.2, -0.15) is 8.78 Å². The van der Waals surface area contributed by atoms with Crippen molar-refractivity contribution in [1.82, 2.24) is 0 Å². The quantitative estimate of drug-likeness (QED) is 0.0851. The molecule has 0 aliphatic carbocycles. The van der Waals surface area contributed by atoms with E-state index in [1.807, 2.05) is 0 Å². The Kier molecular flexibility index (Phi) is 14.5. The lowest BCUT2D eigenvalue weighted by Gasteiger charge is -2.13. The Morgan fingerprint density at radius 2 is 1.20 bits per heavy atom. The van der Waals surface area contributed by atoms with Gasteiger partial charge in [0.25, 0.3) is 0 Å². The molecule has 3 rings (SSSR count). The van der Waals surface area contributed by atoms with E-state index in [-0.39, 0.29) is 23.5 Å². The van der Waals surface area contributed by atoms with E-state index in [0.717, 1.165) is 69.1 Å². The molecule has 0 bridgehead atoms. The van der Waals surface area contributed by atoms with Crippen molar-refractivity contribution in [1.29, 1.82) is 0 Å². The van der Waals surface area contributed by atoms with Gasteiger partial charge < -0.3 is 9.47 Å². The van der Waals surface area contributed by atoms with Gasteiger partial charge >= 0.3 is 0 Å². The number of aryl methyl sites for hydroxylation is 1. The molecule has 0 saturated carbocycles. The van der Waals surface area contributed by atoms with Crippen LogP contribution in [0, 0.1) is 40.9 Å². The van der Waals surface area contributed by atoms with Gasteiger partial charge in [0.2, 0.25) is 11.6 Å². The summed E-state index contributed by atoms with van der Waals surface area (Å²) in [5.74, 6) is -1.58. The third kappa shape index (κ3) is 10.2. The van der Waals surface area contributed by atoms with Gasteiger partial charge in [-0.05, 0) is 55.2 Å². The Morgan fingerprint density at radius 3 is 1.86 bits per heavy atom. The lowest BCUT2D eigenvalue weighted by molar-refractivity contribution is 0.222. The number of ether oxygens (including phenoxy) is 2. The van der Waals surface area contributed by atoms with Crippen molar-refractivity contribution in [2.45, 2.75) is 90.6 Å². The van der Waals surface area contributed by atoms with Crippen LogP contribution in [0.1, 0.15) is 106 Å². The fourth-order valence-electron chi connectivity index (χ4n) is 4.66. The van der Waals surface area contributed by atoms with Gasteiger partial charge in [0.05, 0.1) is 24.3 Å². The topological polar surface area (TPSA) is 18.5 Å². The highest BCUT2D eigenvalue weighted by Crippen LogP contribution is 2.30. The van der Waals surface area contributed by atoms with E-state index in [1.165, 1.54) is 30.7 Å². The summed E-state index contributed by atoms with van der Waals surface area (Å²) < 4.78 is 98.0. The maximum atomic E-state index is 14.8. The molecule has 3 aromatic rings. The SMILES string of the molecule is CCCCCCCc1ccc(C#Cc2ccc(C(F)CCOc3ccc(OCCCCCC)c(F)c3F)c(F)c2F)c(F)c1. The molecule has 0 heterocycles. The molecule has 0 spiro atoms. The first-order valence-corrected chi connectivity index (χ1v) is 15.4. The Bertz CT molecular complexity index is 1410. The fraction of sp³-hybridized carbons (Fsp3) is 0.444. The molecule has 0 aliphatic rings. The third-order valence-corrected chi connectivity index (χ3v) is 7.28. The van der Waals surface area contributed by atoms with Crippen LogP contribution in [0.5, 0.6) is 11.5 Å². The Balaban J connectivity index is 1.56. The first-order valence-electron chi connectivity index (χ1n) is 15.4. The molecule has 1 atom stereocenters. The molecular weight excluding hydrogens is 578 g/mol. The van der Waals surface area contributed by atoms with Crippen LogP contribution in [-0.2, 0) is 6.42 Å². The van der Waals surface area contributed by atoms with Crippen LogP contribution in [0.15, 0.2) is 42.5 Å². The van der Waals surface area contributed by atoms with Crippen LogP contribution >= 0.6 is 0 Å². The molecule has 0 saturated heterocycles. The molecule has 0 radical (unpaired) electrons. The fourth-order valence-corrected chi connectivity index (χ4v) is 4.66. The summed E-state index contributed by atoms with van der Waals surface area (Å²) in [5, 5.41) is 0. The number of halogens is 6. The number of hydrogen-bond donors (Lipinski definition) is 0. The second-order valence-corrected chi connectivity index (χ2v) is 10.8. The van der Waals surface area contributed by atoms with Crippen LogP contribution in [0.25, 0.3) is 0 Å². The molecule has 238 valence electrons. The Hall–Kier alpha value is -3.60. The van der Waals surface area contributed by atoms with Crippen LogP contribution in [0.2, 0.25) is 0 Å². The van der Waals surface area contributed by atoms with Gasteiger partial charge in [-0.1, -0.05) is 82.8 Å². The van der Waals surface area contributed by atoms with E-state index in [2.05, 4.69) is 25.7 Å². The number of hydrogen-bond acceptors (Lipinski definition) is 2. The van der Waals surface area contributed by atoms with E-state index in [1.54, 1.807) is 6.07 Å². The summed E-state index contributed by atoms with van der Waals surface area (Å²) in [4.78, 5) is 0. The number of rotatable bonds is 17. The smallest absolute Gasteiger partial charge is 0.204 e. The average Bonchev–Trinajstić information content (AvgIpc) is 3.01. The summed E-state index contributed by atoms with van der Waals surface area (Å²) in [6.07, 6.45) is 7.49. The third-order valence-electron chi connectivity index (χ3n) is 7.28. The predicted molar refractivity (Wildman–Crippen MR) is 161 cm³/mol. The molecule has 0 aromatic heterocycles. The molecule has 0 aliphatic heterocycles. The van der Waals surface area contributed by atoms with Gasteiger partial charge in [0.1, 0.15) is 12.0 Å². The van der Waals surface area contributed by atoms with Crippen molar-refractivity contribution in [2.24, 2.45) is 0 Å². The lowest BCUT2D eigenvalue weighted by Crippen LogP contribution is -2.08. The van der Waals surface area contributed by atoms with Crippen molar-refractivity contribution in [3.8, 4) is 23.3 Å². The van der Waals surface area contributed by atoms with Gasteiger partial charge in [-0.15, -0.1) is 0 Å². The number of benzene rings is 3. The number of alkyl halides is 1. The zero-order chi connectivity index (χ0) is 31.9. The monoisotopic (exact) mass is 618 g/mol. The minimum absolute atomic E-state index is 0.0411. The zero-order valence-corrected chi connectivity index (χ0v) is 25.4. The zero-order valence-electron chi connectivity index (χ0n) is 25.4. The predicted octanol–water partition coefficient (Wildman–Crippen LogP) is 10.7. The summed E-state index contributed by atoms with van der Waals surface area (Å²) in [5.41, 5.74) is -0.0283. The highest BCUT2D eigenvalue weighted by atomic mass is 19.2. The maximum absolute atomic E-state index is 14.8. The van der Waals surface area contributed by atoms with E-state index >= 15 is 0 Å². The van der Waals surface area contributed by atoms with Gasteiger partial charge in [0.15, 0.2) is 23.1 Å². The second-order valence-electron chi connectivity index (χ2n) is 10.8. The summed E-state index contributed by atoms with van der Waals surface area (Å²) in [7, 11) is 0. The largest absolute Gasteiger partial charge is 0.490 e. The van der Waals surface area contributed by atoms with Crippen molar-refractivity contribution in [3.63, 3.8) is 0 Å². The van der Waals surface area contributed by atoms with Gasteiger partial charge in [-0.25, -0.2) is 17.6 Å². The average molecular weight is 619 g/mol.